The first-order chi connectivity index (χ1) is 16.0. The van der Waals surface area contributed by atoms with Crippen LogP contribution >= 0.6 is 0 Å². The van der Waals surface area contributed by atoms with E-state index < -0.39 is 0 Å². The molecule has 3 rings (SSSR count). The molecule has 1 fully saturated rings. The number of benzene rings is 2. The Hall–Kier alpha value is -3.42. The molecular weight excluding hydrogens is 424 g/mol. The summed E-state index contributed by atoms with van der Waals surface area (Å²) in [5.74, 6) is 1.66. The van der Waals surface area contributed by atoms with Crippen molar-refractivity contribution in [2.24, 2.45) is 0 Å². The molecule has 2 aromatic carbocycles. The molecule has 0 radical (unpaired) electrons. The third-order valence-corrected chi connectivity index (χ3v) is 5.22. The molecule has 1 aliphatic rings. The molecule has 0 spiro atoms. The number of anilines is 2. The Balaban J connectivity index is 1.87. The van der Waals surface area contributed by atoms with Crippen molar-refractivity contribution in [2.75, 3.05) is 43.7 Å². The van der Waals surface area contributed by atoms with Gasteiger partial charge in [-0.2, -0.15) is 0 Å². The van der Waals surface area contributed by atoms with E-state index in [1.807, 2.05) is 20.8 Å². The number of nitrogens with zero attached hydrogens (tertiary/aromatic N) is 1. The van der Waals surface area contributed by atoms with Gasteiger partial charge in [0.05, 0.1) is 32.6 Å². The van der Waals surface area contributed by atoms with Gasteiger partial charge in [-0.05, 0) is 57.9 Å². The number of methoxy groups -OCH3 is 1. The Morgan fingerprint density at radius 3 is 2.18 bits per heavy atom. The number of piperidine rings is 1. The van der Waals surface area contributed by atoms with Crippen molar-refractivity contribution in [2.45, 2.75) is 40.0 Å². The van der Waals surface area contributed by atoms with Crippen LogP contribution in [0.2, 0.25) is 0 Å². The fourth-order valence-electron chi connectivity index (χ4n) is 3.76. The van der Waals surface area contributed by atoms with E-state index in [9.17, 15) is 9.59 Å². The number of carbonyl (C=O) groups excluding carboxylic acids is 2. The topological polar surface area (TPSA) is 86.3 Å². The zero-order valence-corrected chi connectivity index (χ0v) is 19.7. The molecule has 1 saturated heterocycles. The molecule has 0 atom stereocenters. The smallest absolute Gasteiger partial charge is 0.255 e. The first-order valence-electron chi connectivity index (χ1n) is 11.4. The summed E-state index contributed by atoms with van der Waals surface area (Å²) in [7, 11) is 1.55. The van der Waals surface area contributed by atoms with Crippen molar-refractivity contribution in [1.29, 1.82) is 0 Å². The molecule has 1 heterocycles. The largest absolute Gasteiger partial charge is 0.494 e. The minimum Gasteiger partial charge on any atom is -0.494 e. The summed E-state index contributed by atoms with van der Waals surface area (Å²) < 4.78 is 22.6. The Kier molecular flexibility index (Phi) is 8.40. The summed E-state index contributed by atoms with van der Waals surface area (Å²) in [4.78, 5) is 27.1. The molecule has 33 heavy (non-hydrogen) atoms. The number of ether oxygens (including phenoxy) is 4. The molecule has 2 amide bonds. The Bertz CT molecular complexity index is 964. The fourth-order valence-corrected chi connectivity index (χ4v) is 3.76. The van der Waals surface area contributed by atoms with Crippen molar-refractivity contribution in [3.63, 3.8) is 0 Å². The number of carbonyl (C=O) groups is 2. The van der Waals surface area contributed by atoms with Gasteiger partial charge < -0.3 is 29.2 Å². The number of amides is 2. The van der Waals surface area contributed by atoms with E-state index in [0.717, 1.165) is 12.8 Å². The summed E-state index contributed by atoms with van der Waals surface area (Å²) in [6.45, 7) is 7.55. The highest BCUT2D eigenvalue weighted by molar-refractivity contribution is 6.05. The number of rotatable bonds is 10. The van der Waals surface area contributed by atoms with Crippen LogP contribution in [0.5, 0.6) is 23.0 Å². The van der Waals surface area contributed by atoms with Gasteiger partial charge in [0.1, 0.15) is 5.75 Å². The van der Waals surface area contributed by atoms with Gasteiger partial charge in [0.15, 0.2) is 11.5 Å². The van der Waals surface area contributed by atoms with Crippen LogP contribution < -0.4 is 29.2 Å². The molecule has 1 N–H and O–H groups in total. The van der Waals surface area contributed by atoms with E-state index in [4.69, 9.17) is 18.9 Å². The van der Waals surface area contributed by atoms with E-state index in [1.165, 1.54) is 0 Å². The Morgan fingerprint density at radius 2 is 1.61 bits per heavy atom. The minimum atomic E-state index is -0.330. The summed E-state index contributed by atoms with van der Waals surface area (Å²) in [6.07, 6.45) is 2.39. The molecule has 0 aromatic heterocycles. The van der Waals surface area contributed by atoms with E-state index in [0.29, 0.717) is 72.7 Å². The van der Waals surface area contributed by atoms with Gasteiger partial charge >= 0.3 is 0 Å². The van der Waals surface area contributed by atoms with Crippen LogP contribution in [0.3, 0.4) is 0 Å². The Labute approximate surface area is 194 Å². The second kappa shape index (κ2) is 11.4. The molecular formula is C25H32N2O6. The molecule has 2 aromatic rings. The second-order valence-electron chi connectivity index (χ2n) is 7.44. The number of hydrogen-bond acceptors (Lipinski definition) is 6. The quantitative estimate of drug-likeness (QED) is 0.560. The third kappa shape index (κ3) is 5.69. The summed E-state index contributed by atoms with van der Waals surface area (Å²) >= 11 is 0. The molecule has 0 aliphatic carbocycles. The van der Waals surface area contributed by atoms with Gasteiger partial charge in [-0.1, -0.05) is 0 Å². The van der Waals surface area contributed by atoms with Gasteiger partial charge in [0.2, 0.25) is 11.7 Å². The lowest BCUT2D eigenvalue weighted by molar-refractivity contribution is -0.119. The average Bonchev–Trinajstić information content (AvgIpc) is 2.81. The van der Waals surface area contributed by atoms with Gasteiger partial charge in [0, 0.05) is 30.3 Å². The van der Waals surface area contributed by atoms with Crippen LogP contribution in [-0.2, 0) is 4.79 Å². The van der Waals surface area contributed by atoms with Crippen LogP contribution in [0.25, 0.3) is 0 Å². The zero-order chi connectivity index (χ0) is 23.8. The highest BCUT2D eigenvalue weighted by atomic mass is 16.5. The second-order valence-corrected chi connectivity index (χ2v) is 7.44. The predicted octanol–water partition coefficient (Wildman–Crippen LogP) is 4.66. The van der Waals surface area contributed by atoms with Crippen LogP contribution in [0.15, 0.2) is 30.3 Å². The highest BCUT2D eigenvalue weighted by Crippen LogP contribution is 2.39. The van der Waals surface area contributed by atoms with Crippen molar-refractivity contribution >= 4 is 23.2 Å². The first-order valence-corrected chi connectivity index (χ1v) is 11.4. The van der Waals surface area contributed by atoms with Gasteiger partial charge in [-0.25, -0.2) is 0 Å². The Morgan fingerprint density at radius 1 is 0.939 bits per heavy atom. The average molecular weight is 457 g/mol. The van der Waals surface area contributed by atoms with E-state index in [2.05, 4.69) is 5.32 Å². The van der Waals surface area contributed by atoms with Gasteiger partial charge in [0.25, 0.3) is 5.91 Å². The fraction of sp³-hybridized carbons (Fsp3) is 0.440. The molecule has 178 valence electrons. The van der Waals surface area contributed by atoms with Crippen LogP contribution in [0.1, 0.15) is 50.4 Å². The van der Waals surface area contributed by atoms with Crippen molar-refractivity contribution in [3.8, 4) is 23.0 Å². The molecule has 1 aliphatic heterocycles. The summed E-state index contributed by atoms with van der Waals surface area (Å²) in [5, 5.41) is 2.89. The van der Waals surface area contributed by atoms with Gasteiger partial charge in [-0.3, -0.25) is 9.59 Å². The zero-order valence-electron chi connectivity index (χ0n) is 19.7. The first kappa shape index (κ1) is 24.2. The van der Waals surface area contributed by atoms with Crippen LogP contribution in [-0.4, -0.2) is 45.3 Å². The van der Waals surface area contributed by atoms with Crippen molar-refractivity contribution in [1.82, 2.24) is 0 Å². The maximum Gasteiger partial charge on any atom is 0.255 e. The van der Waals surface area contributed by atoms with Crippen molar-refractivity contribution in [3.05, 3.63) is 35.9 Å². The van der Waals surface area contributed by atoms with E-state index in [-0.39, 0.29) is 11.8 Å². The molecule has 0 unspecified atom stereocenters. The monoisotopic (exact) mass is 456 g/mol. The minimum absolute atomic E-state index is 0.0811. The molecule has 0 bridgehead atoms. The lowest BCUT2D eigenvalue weighted by Gasteiger charge is -2.28. The molecule has 8 heteroatoms. The maximum absolute atomic E-state index is 13.1. The lowest BCUT2D eigenvalue weighted by atomic mass is 10.1. The predicted molar refractivity (Wildman–Crippen MR) is 127 cm³/mol. The SMILES string of the molecule is CCOc1cc(C(=O)Nc2ccc(N3CCCCC3=O)c(OC)c2)cc(OCC)c1OCC. The molecule has 8 nitrogen and oxygen atoms in total. The normalized spacial score (nSPS) is 13.5. The summed E-state index contributed by atoms with van der Waals surface area (Å²) in [5.41, 5.74) is 1.63. The standard InChI is InChI=1S/C25H32N2O6/c1-5-31-21-14-17(15-22(32-6-2)24(21)33-7-3)25(29)26-18-11-12-19(20(16-18)30-4)27-13-9-8-10-23(27)28/h11-12,14-16H,5-10,13H2,1-4H3,(H,26,29). The van der Waals surface area contributed by atoms with Gasteiger partial charge in [-0.15, -0.1) is 0 Å². The maximum atomic E-state index is 13.1. The number of hydrogen-bond donors (Lipinski definition) is 1. The summed E-state index contributed by atoms with van der Waals surface area (Å²) in [6, 6.07) is 8.57. The molecule has 0 saturated carbocycles. The van der Waals surface area contributed by atoms with Crippen LogP contribution in [0, 0.1) is 0 Å². The number of nitrogens with one attached hydrogen (secondary N) is 1. The third-order valence-electron chi connectivity index (χ3n) is 5.22. The van der Waals surface area contributed by atoms with E-state index in [1.54, 1.807) is 42.3 Å². The van der Waals surface area contributed by atoms with Crippen LogP contribution in [0.4, 0.5) is 11.4 Å². The lowest BCUT2D eigenvalue weighted by Crippen LogP contribution is -2.35. The van der Waals surface area contributed by atoms with Crippen molar-refractivity contribution < 1.29 is 28.5 Å². The van der Waals surface area contributed by atoms with E-state index >= 15 is 0 Å². The highest BCUT2D eigenvalue weighted by Gasteiger charge is 2.23.